The molecular weight excluding hydrogens is 480 g/mol. The van der Waals surface area contributed by atoms with Crippen LogP contribution in [0.25, 0.3) is 0 Å². The van der Waals surface area contributed by atoms with Crippen LogP contribution < -0.4 is 15.4 Å². The van der Waals surface area contributed by atoms with Crippen molar-refractivity contribution in [3.63, 3.8) is 0 Å². The van der Waals surface area contributed by atoms with Gasteiger partial charge in [0.15, 0.2) is 5.78 Å². The molecule has 0 atom stereocenters. The Morgan fingerprint density at radius 1 is 0.737 bits per heavy atom. The van der Waals surface area contributed by atoms with E-state index in [0.29, 0.717) is 42.0 Å². The van der Waals surface area contributed by atoms with E-state index in [-0.39, 0.29) is 23.9 Å². The van der Waals surface area contributed by atoms with E-state index in [0.717, 1.165) is 43.2 Å². The molecule has 0 radical (unpaired) electrons. The summed E-state index contributed by atoms with van der Waals surface area (Å²) in [5, 5.41) is 5.49. The molecule has 0 aliphatic heterocycles. The highest BCUT2D eigenvalue weighted by molar-refractivity contribution is 6.02. The molecule has 0 heterocycles. The maximum absolute atomic E-state index is 12.3. The van der Waals surface area contributed by atoms with Gasteiger partial charge < -0.3 is 15.4 Å². The smallest absolute Gasteiger partial charge is 0.410 e. The first kappa shape index (κ1) is 30.2. The lowest BCUT2D eigenvalue weighted by Crippen LogP contribution is -2.27. The third-order valence-electron chi connectivity index (χ3n) is 5.88. The average molecular weight is 519 g/mol. The zero-order valence-corrected chi connectivity index (χ0v) is 22.4. The predicted octanol–water partition coefficient (Wildman–Crippen LogP) is 6.13. The Balaban J connectivity index is 1.52. The van der Waals surface area contributed by atoms with Crippen molar-refractivity contribution in [2.45, 2.75) is 65.2 Å². The van der Waals surface area contributed by atoms with Crippen molar-refractivity contribution in [2.24, 2.45) is 0 Å². The van der Waals surface area contributed by atoms with E-state index in [1.54, 1.807) is 50.2 Å². The molecule has 0 saturated heterocycles. The first-order valence-corrected chi connectivity index (χ1v) is 12.9. The summed E-state index contributed by atoms with van der Waals surface area (Å²) in [6.45, 7) is 11.1. The third kappa shape index (κ3) is 11.8. The molecule has 0 aromatic heterocycles. The van der Waals surface area contributed by atoms with E-state index >= 15 is 0 Å². The van der Waals surface area contributed by atoms with Crippen LogP contribution in [0.2, 0.25) is 0 Å². The van der Waals surface area contributed by atoms with Crippen LogP contribution in [0.4, 0.5) is 10.5 Å². The lowest BCUT2D eigenvalue weighted by molar-refractivity contribution is -0.118. The van der Waals surface area contributed by atoms with E-state index in [1.165, 1.54) is 0 Å². The summed E-state index contributed by atoms with van der Waals surface area (Å²) < 4.78 is 5.26. The lowest BCUT2D eigenvalue weighted by Gasteiger charge is -2.08. The molecule has 0 fully saturated rings. The van der Waals surface area contributed by atoms with Crippen molar-refractivity contribution in [1.82, 2.24) is 5.32 Å². The van der Waals surface area contributed by atoms with E-state index in [9.17, 15) is 19.2 Å². The number of benzene rings is 2. The van der Waals surface area contributed by atoms with Crippen LogP contribution in [0.1, 0.15) is 63.5 Å². The van der Waals surface area contributed by atoms with E-state index in [4.69, 9.17) is 4.74 Å². The molecular formula is C31H38N2O5. The third-order valence-corrected chi connectivity index (χ3v) is 5.88. The number of carbonyl (C=O) groups excluding carboxylic acids is 4. The first-order valence-electron chi connectivity index (χ1n) is 12.9. The summed E-state index contributed by atoms with van der Waals surface area (Å²) in [7, 11) is 0. The second-order valence-electron chi connectivity index (χ2n) is 9.51. The van der Waals surface area contributed by atoms with Crippen LogP contribution >= 0.6 is 0 Å². The van der Waals surface area contributed by atoms with Gasteiger partial charge in [-0.15, -0.1) is 0 Å². The number of nitrogens with one attached hydrogen (secondary N) is 2. The number of ether oxygens (including phenoxy) is 1. The lowest BCUT2D eigenvalue weighted by atomic mass is 10.0. The Kier molecular flexibility index (Phi) is 12.7. The summed E-state index contributed by atoms with van der Waals surface area (Å²) in [5.74, 6) is 0.381. The number of rotatable bonds is 16. The predicted molar refractivity (Wildman–Crippen MR) is 150 cm³/mol. The largest absolute Gasteiger partial charge is 0.412 e. The van der Waals surface area contributed by atoms with E-state index < -0.39 is 6.09 Å². The van der Waals surface area contributed by atoms with Gasteiger partial charge in [-0.3, -0.25) is 14.4 Å². The SMILES string of the molecule is C=C(C)C(=O)Cc1ccc(OC(=O)NCCCCCCCC(=O)Cc2ccc(NC(=O)C(=C)C)cc2)cc1. The van der Waals surface area contributed by atoms with Gasteiger partial charge in [0.2, 0.25) is 0 Å². The second-order valence-corrected chi connectivity index (χ2v) is 9.51. The molecule has 0 spiro atoms. The van der Waals surface area contributed by atoms with Gasteiger partial charge in [0, 0.05) is 37.1 Å². The zero-order valence-electron chi connectivity index (χ0n) is 22.4. The molecule has 0 bridgehead atoms. The second kappa shape index (κ2) is 16.0. The number of hydrogen-bond donors (Lipinski definition) is 2. The minimum atomic E-state index is -0.507. The minimum absolute atomic E-state index is 0.0163. The highest BCUT2D eigenvalue weighted by Gasteiger charge is 2.08. The number of Topliss-reactive ketones (excluding diaryl/α,β-unsaturated/α-hetero) is 2. The number of anilines is 1. The summed E-state index contributed by atoms with van der Waals surface area (Å²) in [4.78, 5) is 47.6. The van der Waals surface area contributed by atoms with Gasteiger partial charge in [-0.2, -0.15) is 0 Å². The molecule has 7 heteroatoms. The minimum Gasteiger partial charge on any atom is -0.410 e. The van der Waals surface area contributed by atoms with Crippen LogP contribution in [0.3, 0.4) is 0 Å². The van der Waals surface area contributed by atoms with Crippen LogP contribution in [-0.2, 0) is 27.2 Å². The van der Waals surface area contributed by atoms with Gasteiger partial charge in [0.25, 0.3) is 5.91 Å². The molecule has 2 N–H and O–H groups in total. The van der Waals surface area contributed by atoms with Gasteiger partial charge in [0.1, 0.15) is 11.5 Å². The summed E-state index contributed by atoms with van der Waals surface area (Å²) in [6.07, 6.45) is 5.28. The topological polar surface area (TPSA) is 102 Å². The number of unbranched alkanes of at least 4 members (excludes halogenated alkanes) is 4. The van der Waals surface area contributed by atoms with Crippen molar-refractivity contribution in [2.75, 3.05) is 11.9 Å². The fourth-order valence-corrected chi connectivity index (χ4v) is 3.58. The summed E-state index contributed by atoms with van der Waals surface area (Å²) in [5.41, 5.74) is 3.40. The number of allylic oxidation sites excluding steroid dienone is 1. The monoisotopic (exact) mass is 518 g/mol. The Morgan fingerprint density at radius 3 is 1.95 bits per heavy atom. The molecule has 202 valence electrons. The van der Waals surface area contributed by atoms with Crippen molar-refractivity contribution in [3.8, 4) is 5.75 Å². The van der Waals surface area contributed by atoms with Crippen LogP contribution in [0.5, 0.6) is 5.75 Å². The highest BCUT2D eigenvalue weighted by Crippen LogP contribution is 2.15. The molecule has 2 aromatic rings. The molecule has 38 heavy (non-hydrogen) atoms. The number of amides is 2. The van der Waals surface area contributed by atoms with Gasteiger partial charge in [-0.25, -0.2) is 4.79 Å². The normalized spacial score (nSPS) is 10.4. The Bertz CT molecular complexity index is 1040. The Morgan fingerprint density at radius 2 is 1.32 bits per heavy atom. The molecule has 2 aromatic carbocycles. The molecule has 7 nitrogen and oxygen atoms in total. The molecule has 2 rings (SSSR count). The summed E-state index contributed by atoms with van der Waals surface area (Å²) in [6, 6.07) is 14.1. The average Bonchev–Trinajstić information content (AvgIpc) is 2.87. The molecule has 0 aliphatic rings. The van der Waals surface area contributed by atoms with Crippen LogP contribution in [0, 0.1) is 0 Å². The van der Waals surface area contributed by atoms with Crippen LogP contribution in [-0.4, -0.2) is 30.1 Å². The van der Waals surface area contributed by atoms with Gasteiger partial charge in [-0.1, -0.05) is 56.7 Å². The molecule has 0 unspecified atom stereocenters. The summed E-state index contributed by atoms with van der Waals surface area (Å²) >= 11 is 0. The maximum atomic E-state index is 12.3. The van der Waals surface area contributed by atoms with E-state index in [2.05, 4.69) is 23.8 Å². The fraction of sp³-hybridized carbons (Fsp3) is 0.355. The van der Waals surface area contributed by atoms with Gasteiger partial charge in [0.05, 0.1) is 0 Å². The van der Waals surface area contributed by atoms with Crippen LogP contribution in [0.15, 0.2) is 72.8 Å². The van der Waals surface area contributed by atoms with Gasteiger partial charge in [-0.05, 0) is 67.7 Å². The van der Waals surface area contributed by atoms with E-state index in [1.807, 2.05) is 12.1 Å². The number of hydrogen-bond acceptors (Lipinski definition) is 5. The fourth-order valence-electron chi connectivity index (χ4n) is 3.58. The van der Waals surface area contributed by atoms with Crippen molar-refractivity contribution < 1.29 is 23.9 Å². The number of carbonyl (C=O) groups is 4. The van der Waals surface area contributed by atoms with Gasteiger partial charge >= 0.3 is 6.09 Å². The molecule has 0 saturated carbocycles. The number of ketones is 2. The van der Waals surface area contributed by atoms with Crippen molar-refractivity contribution in [3.05, 3.63) is 84.0 Å². The Hall–Kier alpha value is -4.00. The zero-order chi connectivity index (χ0) is 27.9. The maximum Gasteiger partial charge on any atom is 0.412 e. The highest BCUT2D eigenvalue weighted by atomic mass is 16.6. The quantitative estimate of drug-likeness (QED) is 0.206. The molecule has 0 aliphatic carbocycles. The Labute approximate surface area is 225 Å². The standard InChI is InChI=1S/C31H38N2O5/c1-22(2)29(35)21-25-13-17-28(18-14-25)38-31(37)32-19-9-7-5-6-8-10-27(34)20-24-11-15-26(16-12-24)33-30(36)23(3)4/h11-18H,1,3,5-10,19-21H2,2,4H3,(H,32,37)(H,33,36). The molecule has 2 amide bonds. The van der Waals surface area contributed by atoms with Crippen molar-refractivity contribution in [1.29, 1.82) is 0 Å². The first-order chi connectivity index (χ1) is 18.1. The van der Waals surface area contributed by atoms with Crippen molar-refractivity contribution >= 4 is 29.3 Å².